The maximum absolute atomic E-state index is 8.67. The number of nitrogens with one attached hydrogen (secondary N) is 2. The molecule has 0 spiro atoms. The molecule has 0 unspecified atom stereocenters. The first kappa shape index (κ1) is 11.0. The van der Waals surface area contributed by atoms with E-state index in [9.17, 15) is 0 Å². The zero-order chi connectivity index (χ0) is 11.4. The van der Waals surface area contributed by atoms with Gasteiger partial charge in [0.15, 0.2) is 5.65 Å². The quantitative estimate of drug-likeness (QED) is 0.650. The van der Waals surface area contributed by atoms with E-state index in [1.165, 1.54) is 0 Å². The van der Waals surface area contributed by atoms with Crippen molar-refractivity contribution in [2.45, 2.75) is 19.9 Å². The van der Waals surface area contributed by atoms with Crippen LogP contribution in [0.2, 0.25) is 0 Å². The second kappa shape index (κ2) is 5.05. The van der Waals surface area contributed by atoms with Gasteiger partial charge in [0.2, 0.25) is 0 Å². The van der Waals surface area contributed by atoms with Gasteiger partial charge in [-0.05, 0) is 31.5 Å². The summed E-state index contributed by atoms with van der Waals surface area (Å²) < 4.78 is 0. The van der Waals surface area contributed by atoms with E-state index < -0.39 is 0 Å². The smallest absolute Gasteiger partial charge is 0.177 e. The molecule has 0 saturated heterocycles. The third-order valence-electron chi connectivity index (χ3n) is 2.42. The van der Waals surface area contributed by atoms with Crippen molar-refractivity contribution in [2.75, 3.05) is 13.2 Å². The molecule has 0 aliphatic heterocycles. The molecule has 2 aromatic rings. The van der Waals surface area contributed by atoms with Crippen molar-refractivity contribution in [3.8, 4) is 0 Å². The van der Waals surface area contributed by atoms with Crippen molar-refractivity contribution in [2.24, 2.45) is 0 Å². The molecule has 0 amide bonds. The van der Waals surface area contributed by atoms with Crippen LogP contribution in [0, 0.1) is 6.92 Å². The highest BCUT2D eigenvalue weighted by atomic mass is 16.3. The summed E-state index contributed by atoms with van der Waals surface area (Å²) in [5, 5.41) is 11.9. The molecular formula is C11H16N4O. The number of aromatic amines is 1. The second-order valence-electron chi connectivity index (χ2n) is 3.74. The van der Waals surface area contributed by atoms with Gasteiger partial charge in [-0.2, -0.15) is 0 Å². The van der Waals surface area contributed by atoms with Gasteiger partial charge in [-0.25, -0.2) is 9.97 Å². The molecule has 0 fully saturated rings. The summed E-state index contributed by atoms with van der Waals surface area (Å²) in [7, 11) is 0. The summed E-state index contributed by atoms with van der Waals surface area (Å²) in [6.07, 6.45) is 2.54. The van der Waals surface area contributed by atoms with Crippen LogP contribution in [0.3, 0.4) is 0 Å². The van der Waals surface area contributed by atoms with E-state index >= 15 is 0 Å². The number of aryl methyl sites for hydroxylation is 1. The Morgan fingerprint density at radius 3 is 3.19 bits per heavy atom. The molecule has 5 nitrogen and oxygen atoms in total. The zero-order valence-corrected chi connectivity index (χ0v) is 9.32. The average molecular weight is 220 g/mol. The summed E-state index contributed by atoms with van der Waals surface area (Å²) in [5.74, 6) is 0.880. The van der Waals surface area contributed by atoms with Crippen LogP contribution in [0.15, 0.2) is 12.3 Å². The van der Waals surface area contributed by atoms with Crippen LogP contribution in [0.1, 0.15) is 17.8 Å². The average Bonchev–Trinajstić information content (AvgIpc) is 2.65. The highest BCUT2D eigenvalue weighted by Gasteiger charge is 2.05. The first-order valence-corrected chi connectivity index (χ1v) is 5.43. The van der Waals surface area contributed by atoms with Crippen LogP contribution < -0.4 is 5.32 Å². The Balaban J connectivity index is 2.11. The molecule has 2 rings (SSSR count). The molecule has 2 heterocycles. The van der Waals surface area contributed by atoms with E-state index in [0.29, 0.717) is 0 Å². The minimum absolute atomic E-state index is 0.224. The monoisotopic (exact) mass is 220 g/mol. The first-order chi connectivity index (χ1) is 7.81. The lowest BCUT2D eigenvalue weighted by molar-refractivity contribution is 0.286. The van der Waals surface area contributed by atoms with Crippen molar-refractivity contribution < 1.29 is 5.11 Å². The predicted molar refractivity (Wildman–Crippen MR) is 62.0 cm³/mol. The van der Waals surface area contributed by atoms with Gasteiger partial charge in [0, 0.05) is 19.3 Å². The summed E-state index contributed by atoms with van der Waals surface area (Å²) in [4.78, 5) is 11.7. The van der Waals surface area contributed by atoms with Gasteiger partial charge >= 0.3 is 0 Å². The largest absolute Gasteiger partial charge is 0.396 e. The molecule has 3 N–H and O–H groups in total. The molecule has 0 aliphatic rings. The van der Waals surface area contributed by atoms with E-state index in [1.54, 1.807) is 6.20 Å². The van der Waals surface area contributed by atoms with Crippen molar-refractivity contribution in [3.05, 3.63) is 23.7 Å². The maximum Gasteiger partial charge on any atom is 0.177 e. The third-order valence-corrected chi connectivity index (χ3v) is 2.42. The highest BCUT2D eigenvalue weighted by Crippen LogP contribution is 2.13. The summed E-state index contributed by atoms with van der Waals surface area (Å²) in [5.41, 5.74) is 2.92. The number of hydrogen-bond donors (Lipinski definition) is 3. The molecule has 16 heavy (non-hydrogen) atoms. The predicted octanol–water partition coefficient (Wildman–Crippen LogP) is 0.738. The number of aliphatic hydroxyl groups is 1. The molecule has 5 heteroatoms. The molecule has 86 valence electrons. The normalized spacial score (nSPS) is 11.1. The SMILES string of the molecule is Cc1nc2nccc(CNCCCO)c2[nH]1. The van der Waals surface area contributed by atoms with Gasteiger partial charge in [-0.1, -0.05) is 0 Å². The number of pyridine rings is 1. The lowest BCUT2D eigenvalue weighted by Gasteiger charge is -2.04. The number of imidazole rings is 1. The number of hydrogen-bond acceptors (Lipinski definition) is 4. The van der Waals surface area contributed by atoms with E-state index in [-0.39, 0.29) is 6.61 Å². The number of aromatic nitrogens is 3. The Hall–Kier alpha value is -1.46. The Kier molecular flexibility index (Phi) is 3.48. The van der Waals surface area contributed by atoms with Gasteiger partial charge in [-0.15, -0.1) is 0 Å². The van der Waals surface area contributed by atoms with Crippen LogP contribution in [-0.2, 0) is 6.54 Å². The molecule has 0 radical (unpaired) electrons. The van der Waals surface area contributed by atoms with Crippen molar-refractivity contribution in [3.63, 3.8) is 0 Å². The fourth-order valence-electron chi connectivity index (χ4n) is 1.65. The Bertz CT molecular complexity index is 466. The molecule has 0 aliphatic carbocycles. The van der Waals surface area contributed by atoms with Gasteiger partial charge in [0.05, 0.1) is 5.52 Å². The molecule has 0 bridgehead atoms. The van der Waals surface area contributed by atoms with Crippen LogP contribution in [0.25, 0.3) is 11.2 Å². The zero-order valence-electron chi connectivity index (χ0n) is 9.32. The number of nitrogens with zero attached hydrogens (tertiary/aromatic N) is 2. The van der Waals surface area contributed by atoms with Crippen molar-refractivity contribution in [1.29, 1.82) is 0 Å². The number of fused-ring (bicyclic) bond motifs is 1. The van der Waals surface area contributed by atoms with E-state index in [0.717, 1.165) is 42.1 Å². The molecule has 0 aromatic carbocycles. The third kappa shape index (κ3) is 2.37. The van der Waals surface area contributed by atoms with Crippen LogP contribution in [-0.4, -0.2) is 33.2 Å². The number of H-pyrrole nitrogens is 1. The van der Waals surface area contributed by atoms with Crippen LogP contribution in [0.4, 0.5) is 0 Å². The highest BCUT2D eigenvalue weighted by molar-refractivity contribution is 5.74. The van der Waals surface area contributed by atoms with Crippen LogP contribution in [0.5, 0.6) is 0 Å². The lowest BCUT2D eigenvalue weighted by atomic mass is 10.2. The number of aliphatic hydroxyl groups excluding tert-OH is 1. The Morgan fingerprint density at radius 1 is 1.50 bits per heavy atom. The standard InChI is InChI=1S/C11H16N4O/c1-8-14-10-9(7-12-4-2-6-16)3-5-13-11(10)15-8/h3,5,12,16H,2,4,6-7H2,1H3,(H,13,14,15). The minimum atomic E-state index is 0.224. The van der Waals surface area contributed by atoms with Crippen LogP contribution >= 0.6 is 0 Å². The van der Waals surface area contributed by atoms with Crippen molar-refractivity contribution >= 4 is 11.2 Å². The molecule has 0 atom stereocenters. The fraction of sp³-hybridized carbons (Fsp3) is 0.455. The Morgan fingerprint density at radius 2 is 2.38 bits per heavy atom. The Labute approximate surface area is 93.9 Å². The minimum Gasteiger partial charge on any atom is -0.396 e. The van der Waals surface area contributed by atoms with E-state index in [2.05, 4.69) is 20.3 Å². The van der Waals surface area contributed by atoms with Gasteiger partial charge in [0.1, 0.15) is 5.82 Å². The molecular weight excluding hydrogens is 204 g/mol. The summed E-state index contributed by atoms with van der Waals surface area (Å²) in [6, 6.07) is 1.98. The summed E-state index contributed by atoms with van der Waals surface area (Å²) in [6.45, 7) is 3.72. The molecule has 2 aromatic heterocycles. The van der Waals surface area contributed by atoms with E-state index in [4.69, 9.17) is 5.11 Å². The lowest BCUT2D eigenvalue weighted by Crippen LogP contribution is -2.16. The van der Waals surface area contributed by atoms with E-state index in [1.807, 2.05) is 13.0 Å². The number of rotatable bonds is 5. The topological polar surface area (TPSA) is 73.8 Å². The maximum atomic E-state index is 8.67. The second-order valence-corrected chi connectivity index (χ2v) is 3.74. The molecule has 0 saturated carbocycles. The first-order valence-electron chi connectivity index (χ1n) is 5.43. The summed E-state index contributed by atoms with van der Waals surface area (Å²) >= 11 is 0. The fourth-order valence-corrected chi connectivity index (χ4v) is 1.65. The van der Waals surface area contributed by atoms with Gasteiger partial charge in [-0.3, -0.25) is 0 Å². The van der Waals surface area contributed by atoms with Crippen molar-refractivity contribution in [1.82, 2.24) is 20.3 Å². The van der Waals surface area contributed by atoms with Gasteiger partial charge in [0.25, 0.3) is 0 Å². The van der Waals surface area contributed by atoms with Gasteiger partial charge < -0.3 is 15.4 Å².